The summed E-state index contributed by atoms with van der Waals surface area (Å²) in [5.41, 5.74) is 3.60. The largest absolute Gasteiger partial charge is 0.281 e. The van der Waals surface area contributed by atoms with Gasteiger partial charge in [0.05, 0.1) is 5.69 Å². The van der Waals surface area contributed by atoms with Crippen molar-refractivity contribution in [1.82, 2.24) is 17.9 Å². The molecule has 0 bridgehead atoms. The van der Waals surface area contributed by atoms with E-state index in [9.17, 15) is 16.8 Å². The molecule has 154 valence electrons. The van der Waals surface area contributed by atoms with Crippen LogP contribution in [-0.2, 0) is 26.7 Å². The highest BCUT2D eigenvalue weighted by molar-refractivity contribution is 7.90. The van der Waals surface area contributed by atoms with Crippen LogP contribution in [0, 0.1) is 5.92 Å². The highest BCUT2D eigenvalue weighted by Crippen LogP contribution is 2.38. The number of sulfonamides is 1. The van der Waals surface area contributed by atoms with Gasteiger partial charge in [-0.1, -0.05) is 12.1 Å². The molecule has 8 nitrogen and oxygen atoms in total. The number of fused-ring (bicyclic) bond motifs is 1. The molecule has 0 atom stereocenters. The normalized spacial score (nSPS) is 22.9. The molecular weight excluding hydrogens is 400 g/mol. The molecule has 10 heteroatoms. The van der Waals surface area contributed by atoms with Crippen LogP contribution in [0.1, 0.15) is 24.1 Å². The van der Waals surface area contributed by atoms with E-state index in [0.29, 0.717) is 19.0 Å². The zero-order chi connectivity index (χ0) is 20.1. The van der Waals surface area contributed by atoms with Crippen molar-refractivity contribution >= 4 is 25.8 Å². The van der Waals surface area contributed by atoms with E-state index < -0.39 is 25.5 Å². The van der Waals surface area contributed by atoms with Gasteiger partial charge >= 0.3 is 0 Å². The van der Waals surface area contributed by atoms with E-state index >= 15 is 0 Å². The molecule has 0 saturated carbocycles. The highest BCUT2D eigenvalue weighted by Gasteiger charge is 2.46. The molecule has 1 aromatic rings. The summed E-state index contributed by atoms with van der Waals surface area (Å²) in [5, 5.41) is -0.644. The van der Waals surface area contributed by atoms with Crippen LogP contribution in [0.5, 0.6) is 0 Å². The SMILES string of the molecule is CN(C)S(=O)(=O)N1CC(S(=O)(=O)N2CCC(C3=CCc4ncccc43)CC2)C1. The van der Waals surface area contributed by atoms with Crippen LogP contribution in [0.3, 0.4) is 0 Å². The molecule has 4 rings (SSSR count). The van der Waals surface area contributed by atoms with E-state index in [1.165, 1.54) is 29.5 Å². The fraction of sp³-hybridized carbons (Fsp3) is 0.611. The second kappa shape index (κ2) is 7.17. The fourth-order valence-electron chi connectivity index (χ4n) is 4.21. The lowest BCUT2D eigenvalue weighted by molar-refractivity contribution is 0.263. The fourth-order valence-corrected chi connectivity index (χ4v) is 7.47. The van der Waals surface area contributed by atoms with Gasteiger partial charge in [0.2, 0.25) is 10.0 Å². The van der Waals surface area contributed by atoms with E-state index in [-0.39, 0.29) is 13.1 Å². The first-order chi connectivity index (χ1) is 13.2. The zero-order valence-electron chi connectivity index (χ0n) is 16.2. The van der Waals surface area contributed by atoms with Crippen molar-refractivity contribution in [2.75, 3.05) is 40.3 Å². The predicted octanol–water partition coefficient (Wildman–Crippen LogP) is 0.554. The Kier molecular flexibility index (Phi) is 5.11. The van der Waals surface area contributed by atoms with Crippen molar-refractivity contribution in [2.24, 2.45) is 5.92 Å². The highest BCUT2D eigenvalue weighted by atomic mass is 32.2. The maximum absolute atomic E-state index is 12.9. The van der Waals surface area contributed by atoms with Crippen LogP contribution in [-0.4, -0.2) is 80.3 Å². The molecule has 2 fully saturated rings. The van der Waals surface area contributed by atoms with Gasteiger partial charge in [-0.2, -0.15) is 17.0 Å². The molecule has 28 heavy (non-hydrogen) atoms. The summed E-state index contributed by atoms with van der Waals surface area (Å²) < 4.78 is 53.9. The molecule has 0 N–H and O–H groups in total. The molecule has 0 amide bonds. The minimum absolute atomic E-state index is 0.0347. The van der Waals surface area contributed by atoms with Gasteiger partial charge in [-0.05, 0) is 36.0 Å². The van der Waals surface area contributed by atoms with Gasteiger partial charge in [-0.25, -0.2) is 12.7 Å². The molecular formula is C18H26N4O4S2. The summed E-state index contributed by atoms with van der Waals surface area (Å²) in [7, 11) is -4.11. The lowest BCUT2D eigenvalue weighted by Crippen LogP contribution is -2.62. The smallest absolute Gasteiger partial charge is 0.260 e. The maximum atomic E-state index is 12.9. The topological polar surface area (TPSA) is 90.9 Å². The first-order valence-electron chi connectivity index (χ1n) is 9.52. The van der Waals surface area contributed by atoms with Gasteiger partial charge in [0.1, 0.15) is 5.25 Å². The number of aromatic nitrogens is 1. The number of pyridine rings is 1. The first kappa shape index (κ1) is 20.0. The molecule has 2 aliphatic heterocycles. The summed E-state index contributed by atoms with van der Waals surface area (Å²) in [6, 6.07) is 4.04. The third kappa shape index (κ3) is 3.30. The Bertz CT molecular complexity index is 990. The van der Waals surface area contributed by atoms with Gasteiger partial charge in [-0.3, -0.25) is 4.98 Å². The Morgan fingerprint density at radius 2 is 1.75 bits per heavy atom. The van der Waals surface area contributed by atoms with Crippen molar-refractivity contribution in [1.29, 1.82) is 0 Å². The lowest BCUT2D eigenvalue weighted by Gasteiger charge is -2.42. The second-order valence-electron chi connectivity index (χ2n) is 7.81. The minimum Gasteiger partial charge on any atom is -0.260 e. The second-order valence-corrected chi connectivity index (χ2v) is 12.2. The molecule has 2 saturated heterocycles. The average molecular weight is 427 g/mol. The quantitative estimate of drug-likeness (QED) is 0.686. The Balaban J connectivity index is 1.37. The van der Waals surface area contributed by atoms with Crippen LogP contribution >= 0.6 is 0 Å². The molecule has 3 aliphatic rings. The zero-order valence-corrected chi connectivity index (χ0v) is 17.8. The Morgan fingerprint density at radius 1 is 1.07 bits per heavy atom. The molecule has 0 spiro atoms. The standard InChI is InChI=1S/C18H26N4O4S2/c1-20(2)28(25,26)22-12-15(13-22)27(23,24)21-10-7-14(8-11-21)16-5-6-18-17(16)4-3-9-19-18/h3-5,9,14-15H,6-8,10-13H2,1-2H3. The summed E-state index contributed by atoms with van der Waals surface area (Å²) >= 11 is 0. The molecule has 1 aromatic heterocycles. The van der Waals surface area contributed by atoms with Crippen LogP contribution in [0.4, 0.5) is 0 Å². The van der Waals surface area contributed by atoms with Crippen molar-refractivity contribution in [3.8, 4) is 0 Å². The molecule has 0 aromatic carbocycles. The Morgan fingerprint density at radius 3 is 2.39 bits per heavy atom. The number of rotatable bonds is 5. The van der Waals surface area contributed by atoms with Crippen molar-refractivity contribution in [3.63, 3.8) is 0 Å². The van der Waals surface area contributed by atoms with Crippen molar-refractivity contribution in [2.45, 2.75) is 24.5 Å². The van der Waals surface area contributed by atoms with E-state index in [4.69, 9.17) is 0 Å². The Hall–Kier alpha value is -1.33. The summed E-state index contributed by atoms with van der Waals surface area (Å²) in [4.78, 5) is 4.42. The van der Waals surface area contributed by atoms with Crippen LogP contribution in [0.15, 0.2) is 24.4 Å². The minimum atomic E-state index is -3.54. The van der Waals surface area contributed by atoms with Crippen LogP contribution in [0.2, 0.25) is 0 Å². The predicted molar refractivity (Wildman–Crippen MR) is 107 cm³/mol. The van der Waals surface area contributed by atoms with Crippen molar-refractivity contribution in [3.05, 3.63) is 35.7 Å². The monoisotopic (exact) mass is 426 g/mol. The van der Waals surface area contributed by atoms with Gasteiger partial charge in [-0.15, -0.1) is 0 Å². The third-order valence-electron chi connectivity index (χ3n) is 5.99. The van der Waals surface area contributed by atoms with Crippen molar-refractivity contribution < 1.29 is 16.8 Å². The number of nitrogens with zero attached hydrogens (tertiary/aromatic N) is 4. The molecule has 0 unspecified atom stereocenters. The third-order valence-corrected chi connectivity index (χ3v) is 10.1. The maximum Gasteiger partial charge on any atom is 0.281 e. The number of hydrogen-bond donors (Lipinski definition) is 0. The average Bonchev–Trinajstić information content (AvgIpc) is 3.04. The van der Waals surface area contributed by atoms with Gasteiger partial charge in [0.25, 0.3) is 10.2 Å². The summed E-state index contributed by atoms with van der Waals surface area (Å²) in [6.45, 7) is 1.04. The summed E-state index contributed by atoms with van der Waals surface area (Å²) in [5.74, 6) is 0.351. The van der Waals surface area contributed by atoms with Crippen LogP contribution < -0.4 is 0 Å². The van der Waals surface area contributed by atoms with Gasteiger partial charge in [0.15, 0.2) is 0 Å². The van der Waals surface area contributed by atoms with Gasteiger partial charge in [0, 0.05) is 52.9 Å². The molecule has 1 aliphatic carbocycles. The first-order valence-corrected chi connectivity index (χ1v) is 12.4. The van der Waals surface area contributed by atoms with E-state index in [1.54, 1.807) is 4.31 Å². The molecule has 0 radical (unpaired) electrons. The van der Waals surface area contributed by atoms with E-state index in [2.05, 4.69) is 17.1 Å². The lowest BCUT2D eigenvalue weighted by atomic mass is 9.87. The van der Waals surface area contributed by atoms with E-state index in [0.717, 1.165) is 29.3 Å². The molecule has 3 heterocycles. The van der Waals surface area contributed by atoms with E-state index in [1.807, 2.05) is 12.3 Å². The van der Waals surface area contributed by atoms with Crippen LogP contribution in [0.25, 0.3) is 5.57 Å². The Labute approximate surface area is 167 Å². The number of allylic oxidation sites excluding steroid dienone is 2. The van der Waals surface area contributed by atoms with Gasteiger partial charge < -0.3 is 0 Å². The summed E-state index contributed by atoms with van der Waals surface area (Å²) in [6.07, 6.45) is 6.45. The number of piperidine rings is 1. The number of hydrogen-bond acceptors (Lipinski definition) is 5.